The SMILES string of the molecule is O=S(CCl)c1ccc(Br)cc1. The summed E-state index contributed by atoms with van der Waals surface area (Å²) in [6.45, 7) is 0. The van der Waals surface area contributed by atoms with Crippen molar-refractivity contribution in [3.63, 3.8) is 0 Å². The Hall–Kier alpha value is 0.140. The van der Waals surface area contributed by atoms with Crippen LogP contribution in [0.25, 0.3) is 0 Å². The standard InChI is InChI=1S/C7H6BrClOS/c8-6-1-3-7(4-2-6)11(10)5-9/h1-4H,5H2. The summed E-state index contributed by atoms with van der Waals surface area (Å²) in [7, 11) is -1.05. The molecule has 0 fully saturated rings. The Morgan fingerprint density at radius 1 is 1.36 bits per heavy atom. The summed E-state index contributed by atoms with van der Waals surface area (Å²) < 4.78 is 12.1. The third-order valence-electron chi connectivity index (χ3n) is 1.18. The summed E-state index contributed by atoms with van der Waals surface area (Å²) >= 11 is 8.70. The topological polar surface area (TPSA) is 17.1 Å². The lowest BCUT2D eigenvalue weighted by atomic mass is 10.4. The van der Waals surface area contributed by atoms with Crippen LogP contribution in [0.4, 0.5) is 0 Å². The van der Waals surface area contributed by atoms with Crippen molar-refractivity contribution in [1.29, 1.82) is 0 Å². The second kappa shape index (κ2) is 4.24. The van der Waals surface area contributed by atoms with E-state index in [-0.39, 0.29) is 5.21 Å². The van der Waals surface area contributed by atoms with E-state index in [4.69, 9.17) is 11.6 Å². The van der Waals surface area contributed by atoms with Crippen LogP contribution in [0.15, 0.2) is 33.6 Å². The van der Waals surface area contributed by atoms with Gasteiger partial charge in [0.05, 0.1) is 10.8 Å². The highest BCUT2D eigenvalue weighted by Crippen LogP contribution is 2.13. The third-order valence-corrected chi connectivity index (χ3v) is 3.30. The first-order chi connectivity index (χ1) is 5.24. The van der Waals surface area contributed by atoms with Crippen molar-refractivity contribution >= 4 is 38.3 Å². The van der Waals surface area contributed by atoms with Crippen molar-refractivity contribution in [3.05, 3.63) is 28.7 Å². The molecule has 4 heteroatoms. The molecule has 0 aliphatic carbocycles. The Balaban J connectivity index is 2.90. The van der Waals surface area contributed by atoms with Gasteiger partial charge in [-0.15, -0.1) is 11.6 Å². The van der Waals surface area contributed by atoms with Crippen molar-refractivity contribution < 1.29 is 4.21 Å². The molecular formula is C7H6BrClOS. The zero-order chi connectivity index (χ0) is 8.27. The van der Waals surface area contributed by atoms with Gasteiger partial charge in [0.2, 0.25) is 0 Å². The van der Waals surface area contributed by atoms with Crippen molar-refractivity contribution in [3.8, 4) is 0 Å². The first-order valence-corrected chi connectivity index (χ1v) is 5.58. The number of alkyl halides is 1. The van der Waals surface area contributed by atoms with Gasteiger partial charge in [0.15, 0.2) is 0 Å². The highest BCUT2D eigenvalue weighted by Gasteiger charge is 1.99. The van der Waals surface area contributed by atoms with Gasteiger partial charge in [-0.3, -0.25) is 4.21 Å². The fourth-order valence-electron chi connectivity index (χ4n) is 0.649. The second-order valence-electron chi connectivity index (χ2n) is 1.91. The first-order valence-electron chi connectivity index (χ1n) is 2.94. The van der Waals surface area contributed by atoms with Gasteiger partial charge in [-0.05, 0) is 24.3 Å². The minimum atomic E-state index is -1.05. The summed E-state index contributed by atoms with van der Waals surface area (Å²) in [4.78, 5) is 0.767. The molecule has 0 aliphatic rings. The molecule has 0 saturated heterocycles. The van der Waals surface area contributed by atoms with E-state index in [1.807, 2.05) is 12.1 Å². The lowest BCUT2D eigenvalue weighted by molar-refractivity contribution is 0.686. The van der Waals surface area contributed by atoms with Crippen LogP contribution >= 0.6 is 27.5 Å². The molecule has 0 heterocycles. The van der Waals surface area contributed by atoms with Crippen molar-refractivity contribution in [1.82, 2.24) is 0 Å². The third kappa shape index (κ3) is 2.58. The van der Waals surface area contributed by atoms with Gasteiger partial charge in [-0.1, -0.05) is 15.9 Å². The smallest absolute Gasteiger partial charge is 0.103 e. The van der Waals surface area contributed by atoms with Crippen molar-refractivity contribution in [2.75, 3.05) is 5.21 Å². The normalized spacial score (nSPS) is 12.9. The van der Waals surface area contributed by atoms with Crippen LogP contribution in [0.1, 0.15) is 0 Å². The largest absolute Gasteiger partial charge is 0.253 e. The van der Waals surface area contributed by atoms with Crippen molar-refractivity contribution in [2.24, 2.45) is 0 Å². The second-order valence-corrected chi connectivity index (χ2v) is 4.86. The highest BCUT2D eigenvalue weighted by atomic mass is 79.9. The van der Waals surface area contributed by atoms with E-state index in [2.05, 4.69) is 15.9 Å². The summed E-state index contributed by atoms with van der Waals surface area (Å²) in [5, 5.41) is 0.154. The summed E-state index contributed by atoms with van der Waals surface area (Å²) in [5.41, 5.74) is 0. The van der Waals surface area contributed by atoms with Gasteiger partial charge < -0.3 is 0 Å². The van der Waals surface area contributed by atoms with E-state index in [1.165, 1.54) is 0 Å². The number of hydrogen-bond donors (Lipinski definition) is 0. The van der Waals surface area contributed by atoms with Gasteiger partial charge in [0.25, 0.3) is 0 Å². The molecule has 1 rings (SSSR count). The molecule has 11 heavy (non-hydrogen) atoms. The summed E-state index contributed by atoms with van der Waals surface area (Å²) in [6.07, 6.45) is 0. The molecule has 0 aromatic heterocycles. The molecule has 0 aliphatic heterocycles. The molecule has 0 spiro atoms. The van der Waals surface area contributed by atoms with Gasteiger partial charge >= 0.3 is 0 Å². The Morgan fingerprint density at radius 2 is 1.91 bits per heavy atom. The molecule has 1 aromatic rings. The van der Waals surface area contributed by atoms with Gasteiger partial charge in [-0.25, -0.2) is 0 Å². The van der Waals surface area contributed by atoms with Crippen LogP contribution in [0, 0.1) is 0 Å². The Morgan fingerprint density at radius 3 is 2.36 bits per heavy atom. The molecule has 1 aromatic carbocycles. The number of rotatable bonds is 2. The maximum atomic E-state index is 11.1. The molecular weight excluding hydrogens is 247 g/mol. The molecule has 60 valence electrons. The number of halogens is 2. The monoisotopic (exact) mass is 252 g/mol. The first kappa shape index (κ1) is 9.23. The van der Waals surface area contributed by atoms with E-state index < -0.39 is 10.8 Å². The van der Waals surface area contributed by atoms with Gasteiger partial charge in [0.1, 0.15) is 5.21 Å². The van der Waals surface area contributed by atoms with Crippen LogP contribution in [0.5, 0.6) is 0 Å². The molecule has 1 unspecified atom stereocenters. The Kier molecular flexibility index (Phi) is 3.55. The highest BCUT2D eigenvalue weighted by molar-refractivity contribution is 9.10. The van der Waals surface area contributed by atoms with E-state index in [0.29, 0.717) is 0 Å². The van der Waals surface area contributed by atoms with Crippen LogP contribution in [-0.2, 0) is 10.8 Å². The lowest BCUT2D eigenvalue weighted by Crippen LogP contribution is -1.90. The quantitative estimate of drug-likeness (QED) is 0.741. The zero-order valence-electron chi connectivity index (χ0n) is 5.59. The summed E-state index contributed by atoms with van der Waals surface area (Å²) in [6, 6.07) is 7.28. The van der Waals surface area contributed by atoms with Crippen molar-refractivity contribution in [2.45, 2.75) is 4.90 Å². The maximum absolute atomic E-state index is 11.1. The van der Waals surface area contributed by atoms with Gasteiger partial charge in [0, 0.05) is 9.37 Å². The average molecular weight is 254 g/mol. The van der Waals surface area contributed by atoms with E-state index in [9.17, 15) is 4.21 Å². The predicted octanol–water partition coefficient (Wildman–Crippen LogP) is 2.75. The zero-order valence-corrected chi connectivity index (χ0v) is 8.75. The minimum absolute atomic E-state index is 0.154. The minimum Gasteiger partial charge on any atom is -0.253 e. The van der Waals surface area contributed by atoms with Crippen LogP contribution < -0.4 is 0 Å². The number of benzene rings is 1. The lowest BCUT2D eigenvalue weighted by Gasteiger charge is -1.96. The van der Waals surface area contributed by atoms with E-state index in [1.54, 1.807) is 12.1 Å². The molecule has 1 nitrogen and oxygen atoms in total. The molecule has 0 radical (unpaired) electrons. The molecule has 0 N–H and O–H groups in total. The van der Waals surface area contributed by atoms with Crippen LogP contribution in [-0.4, -0.2) is 9.42 Å². The average Bonchev–Trinajstić information content (AvgIpc) is 2.05. The molecule has 0 bridgehead atoms. The van der Waals surface area contributed by atoms with Crippen LogP contribution in [0.3, 0.4) is 0 Å². The number of hydrogen-bond acceptors (Lipinski definition) is 1. The van der Waals surface area contributed by atoms with Gasteiger partial charge in [-0.2, -0.15) is 0 Å². The molecule has 1 atom stereocenters. The maximum Gasteiger partial charge on any atom is 0.103 e. The fraction of sp³-hybridized carbons (Fsp3) is 0.143. The Labute approximate surface area is 81.3 Å². The van der Waals surface area contributed by atoms with E-state index in [0.717, 1.165) is 9.37 Å². The molecule has 0 amide bonds. The molecule has 0 saturated carbocycles. The predicted molar refractivity (Wildman–Crippen MR) is 51.3 cm³/mol. The van der Waals surface area contributed by atoms with Crippen LogP contribution in [0.2, 0.25) is 0 Å². The fourth-order valence-corrected chi connectivity index (χ4v) is 1.86. The summed E-state index contributed by atoms with van der Waals surface area (Å²) in [5.74, 6) is 0. The van der Waals surface area contributed by atoms with E-state index >= 15 is 0 Å². The Bertz CT molecular complexity index is 260.